The van der Waals surface area contributed by atoms with Gasteiger partial charge in [0.15, 0.2) is 33.7 Å². The van der Waals surface area contributed by atoms with E-state index in [-0.39, 0.29) is 112 Å². The maximum atomic E-state index is 13.3. The van der Waals surface area contributed by atoms with Gasteiger partial charge in [0.2, 0.25) is 0 Å². The Balaban J connectivity index is 0.000000329. The third kappa shape index (κ3) is 24.0. The summed E-state index contributed by atoms with van der Waals surface area (Å²) in [6.07, 6.45) is -9.72. The van der Waals surface area contributed by atoms with E-state index in [9.17, 15) is 71.9 Å². The number of nitrogens with zero attached hydrogens (tertiary/aromatic N) is 6. The zero-order valence-electron chi connectivity index (χ0n) is 57.8. The molecular formula is C65H68B3Br2F12N6NaO15. The molecule has 556 valence electrons. The summed E-state index contributed by atoms with van der Waals surface area (Å²) in [6, 6.07) is 15.9. The van der Waals surface area contributed by atoms with Gasteiger partial charge in [-0.05, 0) is 171 Å². The van der Waals surface area contributed by atoms with Crippen LogP contribution in [0.3, 0.4) is 0 Å². The van der Waals surface area contributed by atoms with Crippen molar-refractivity contribution in [2.24, 2.45) is 0 Å². The molecule has 7 aromatic rings. The number of carbonyl (C=O) groups is 4. The third-order valence-corrected chi connectivity index (χ3v) is 17.4. The number of benzene rings is 4. The average Bonchev–Trinajstić information content (AvgIpc) is 1.59. The Morgan fingerprint density at radius 1 is 0.404 bits per heavy atom. The van der Waals surface area contributed by atoms with Crippen LogP contribution >= 0.6 is 31.9 Å². The Kier molecular flexibility index (Phi) is 32.1. The molecule has 39 heteroatoms. The number of aliphatic hydroxyl groups excluding tert-OH is 3. The fourth-order valence-corrected chi connectivity index (χ4v) is 9.61. The summed E-state index contributed by atoms with van der Waals surface area (Å²) in [5.41, 5.74) is -7.91. The zero-order chi connectivity index (χ0) is 77.2. The van der Waals surface area contributed by atoms with E-state index < -0.39 is 122 Å². The molecule has 0 radical (unpaired) electrons. The molecular weight excluding hydrogens is 1550 g/mol. The third-order valence-electron chi connectivity index (χ3n) is 16.3. The molecule has 3 fully saturated rings. The summed E-state index contributed by atoms with van der Waals surface area (Å²) >= 11 is 5.82. The fourth-order valence-electron chi connectivity index (χ4n) is 8.77. The maximum absolute atomic E-state index is 13.3. The molecule has 0 amide bonds. The smallest absolute Gasteiger partial charge is 0.870 e. The topological polar surface area (TPSA) is 312 Å². The molecule has 3 aromatic heterocycles. The Morgan fingerprint density at radius 2 is 0.673 bits per heavy atom. The van der Waals surface area contributed by atoms with E-state index in [1.54, 1.807) is 46.2 Å². The summed E-state index contributed by atoms with van der Waals surface area (Å²) in [6.45, 7) is 20.8. The van der Waals surface area contributed by atoms with Gasteiger partial charge in [-0.25, -0.2) is 34.7 Å². The van der Waals surface area contributed by atoms with Crippen LogP contribution in [0.25, 0.3) is 22.8 Å². The number of ketones is 3. The van der Waals surface area contributed by atoms with E-state index in [2.05, 4.69) is 61.8 Å². The number of Topliss-reactive ketones (excluding diaryl/α,β-unsaturated/α-hetero) is 3. The molecule has 5 N–H and O–H groups in total. The van der Waals surface area contributed by atoms with Crippen molar-refractivity contribution in [3.63, 3.8) is 0 Å². The van der Waals surface area contributed by atoms with Crippen molar-refractivity contribution >= 4 is 81.8 Å². The second-order valence-corrected chi connectivity index (χ2v) is 26.6. The number of hydrogen-bond acceptors (Lipinski definition) is 20. The Labute approximate surface area is 628 Å². The zero-order valence-corrected chi connectivity index (χ0v) is 62.9. The molecule has 3 aliphatic heterocycles. The van der Waals surface area contributed by atoms with Gasteiger partial charge in [-0.2, -0.15) is 52.7 Å². The van der Waals surface area contributed by atoms with Crippen LogP contribution in [0.2, 0.25) is 0 Å². The summed E-state index contributed by atoms with van der Waals surface area (Å²) in [5, 5.41) is 35.0. The Bertz CT molecular complexity index is 3980. The minimum atomic E-state index is -4.61. The van der Waals surface area contributed by atoms with E-state index in [0.29, 0.717) is 4.73 Å². The molecule has 4 aromatic carbocycles. The SMILES string of the molecule is Brc1ncccn1.CC1(C)OB(B2OC(C)(C)C(C)(C)O2)OC1(C)C.CC1(C)OB(c2cc(C(=O)CO)ccc2C(F)(F)F)OC1(C)C.O=C(CO)c1ccc(C(F)(F)F)c(-c2ncccn2)c1.O=C(CO)c1ccc(C(F)(F)F)c(Br)c1.O=C(O)c1ccc(C(F)(F)F)c(-c2ncccn2)c1.[Na+].[OH-]. The van der Waals surface area contributed by atoms with Crippen LogP contribution in [-0.2, 0) is 52.6 Å². The van der Waals surface area contributed by atoms with E-state index in [0.717, 1.165) is 72.8 Å². The molecule has 0 unspecified atom stereocenters. The van der Waals surface area contributed by atoms with Gasteiger partial charge in [-0.3, -0.25) is 14.4 Å². The van der Waals surface area contributed by atoms with Crippen LogP contribution in [0.1, 0.15) is 147 Å². The number of carbonyl (C=O) groups excluding carboxylic acids is 3. The molecule has 3 aliphatic rings. The minimum absolute atomic E-state index is 0. The summed E-state index contributed by atoms with van der Waals surface area (Å²) in [7, 11) is -2.20. The van der Waals surface area contributed by atoms with Crippen LogP contribution in [0.5, 0.6) is 0 Å². The molecule has 104 heavy (non-hydrogen) atoms. The number of carboxylic acid groups (broad SMARTS) is 1. The van der Waals surface area contributed by atoms with Crippen LogP contribution in [0, 0.1) is 0 Å². The second-order valence-electron chi connectivity index (χ2n) is 25.1. The predicted octanol–water partition coefficient (Wildman–Crippen LogP) is 10.3. The van der Waals surface area contributed by atoms with Crippen LogP contribution in [0.15, 0.2) is 137 Å². The minimum Gasteiger partial charge on any atom is -0.870 e. The van der Waals surface area contributed by atoms with Gasteiger partial charge in [-0.15, -0.1) is 0 Å². The number of aromatic nitrogens is 6. The number of carboxylic acids is 1. The largest absolute Gasteiger partial charge is 1.00 e. The van der Waals surface area contributed by atoms with Gasteiger partial charge in [0.1, 0.15) is 19.8 Å². The van der Waals surface area contributed by atoms with E-state index in [1.165, 1.54) is 36.9 Å². The fraction of sp³-hybridized carbons (Fsp3) is 0.385. The first-order chi connectivity index (χ1) is 46.8. The van der Waals surface area contributed by atoms with Crippen molar-refractivity contribution in [3.8, 4) is 22.8 Å². The van der Waals surface area contributed by atoms with Crippen molar-refractivity contribution < 1.29 is 155 Å². The number of alkyl halides is 12. The van der Waals surface area contributed by atoms with Crippen molar-refractivity contribution in [1.82, 2.24) is 29.9 Å². The molecule has 0 atom stereocenters. The van der Waals surface area contributed by atoms with Crippen molar-refractivity contribution in [3.05, 3.63) is 182 Å². The van der Waals surface area contributed by atoms with Crippen LogP contribution < -0.4 is 35.0 Å². The normalized spacial score (nSPS) is 16.5. The number of aliphatic hydroxyl groups is 3. The Morgan fingerprint density at radius 3 is 0.962 bits per heavy atom. The summed E-state index contributed by atoms with van der Waals surface area (Å²) in [5.74, 6) is -3.58. The van der Waals surface area contributed by atoms with Gasteiger partial charge in [-0.1, -0.05) is 40.2 Å². The van der Waals surface area contributed by atoms with Gasteiger partial charge in [0, 0.05) is 69.5 Å². The first-order valence-corrected chi connectivity index (χ1v) is 31.6. The molecule has 0 saturated carbocycles. The van der Waals surface area contributed by atoms with Gasteiger partial charge >= 0.3 is 81.4 Å². The number of halogens is 14. The molecule has 3 saturated heterocycles. The Hall–Kier alpha value is -6.49. The number of rotatable bonds is 11. The van der Waals surface area contributed by atoms with E-state index in [1.807, 2.05) is 55.4 Å². The molecule has 0 spiro atoms. The van der Waals surface area contributed by atoms with Crippen LogP contribution in [0.4, 0.5) is 52.7 Å². The number of hydrogen-bond donors (Lipinski definition) is 4. The van der Waals surface area contributed by atoms with E-state index in [4.69, 9.17) is 48.4 Å². The average molecular weight is 1620 g/mol. The standard InChI is InChI=1S/C15H18BF3O4.C13H9F3N2O2.C12H24B2O4.C12H7F3N2O2.C9H6BrF3O2.C4H3BrN2.Na.H2O/c1-13(2)14(3,4)23-16(22-13)11-7-9(12(21)8-20)5-6-10(11)15(17,18)19;14-13(15,16)10-3-2-8(11(20)7-19)6-9(10)12-17-4-1-5-18-12;1-9(2)10(3,4)16-13(15-9)14-17-11(5,6)12(7,8)18-14;13-12(14,15)9-3-2-7(11(18)19)6-8(9)10-16-4-1-5-17-10;10-7-3-5(8(15)4-14)1-2-6(7)9(11,12)13;5-4-6-2-1-3-7-4;;/h5-7,20H,8H2,1-4H3;1-6,19H,7H2;1-8H3;1-6H,(H,18,19);1-3,14H,4H2;1-3H;;1H2/q;;;;;;+1;/p-1. The number of aromatic carboxylic acids is 1. The quantitative estimate of drug-likeness (QED) is 0.0405. The maximum Gasteiger partial charge on any atom is 1.00 e. The molecule has 21 nitrogen and oxygen atoms in total. The first-order valence-electron chi connectivity index (χ1n) is 30.0. The van der Waals surface area contributed by atoms with E-state index >= 15 is 0 Å². The van der Waals surface area contributed by atoms with Crippen molar-refractivity contribution in [2.75, 3.05) is 19.8 Å². The predicted molar refractivity (Wildman–Crippen MR) is 356 cm³/mol. The molecule has 0 bridgehead atoms. The van der Waals surface area contributed by atoms with Crippen LogP contribution in [-0.4, -0.2) is 154 Å². The first kappa shape index (κ1) is 91.7. The summed E-state index contributed by atoms with van der Waals surface area (Å²) < 4.78 is 190. The monoisotopic (exact) mass is 1610 g/mol. The molecule has 10 rings (SSSR count). The molecule has 0 aliphatic carbocycles. The summed E-state index contributed by atoms with van der Waals surface area (Å²) in [4.78, 5) is 67.3. The molecule has 6 heterocycles. The van der Waals surface area contributed by atoms with Crippen molar-refractivity contribution in [2.45, 2.75) is 141 Å². The van der Waals surface area contributed by atoms with Crippen molar-refractivity contribution in [1.29, 1.82) is 0 Å². The van der Waals surface area contributed by atoms with Gasteiger partial charge in [0.05, 0.1) is 61.4 Å². The second kappa shape index (κ2) is 36.4. The van der Waals surface area contributed by atoms with Gasteiger partial charge < -0.3 is 53.8 Å². The van der Waals surface area contributed by atoms with Gasteiger partial charge in [0.25, 0.3) is 0 Å².